The van der Waals surface area contributed by atoms with Crippen LogP contribution >= 0.6 is 0 Å². The molecule has 0 heterocycles. The number of ether oxygens (including phenoxy) is 1. The van der Waals surface area contributed by atoms with Gasteiger partial charge < -0.3 is 9.84 Å². The minimum Gasteiger partial charge on any atom is -0.494 e. The summed E-state index contributed by atoms with van der Waals surface area (Å²) in [4.78, 5) is 0. The van der Waals surface area contributed by atoms with E-state index < -0.39 is 0 Å². The molecule has 18 heavy (non-hydrogen) atoms. The molecule has 2 rings (SSSR count). The van der Waals surface area contributed by atoms with Gasteiger partial charge in [-0.15, -0.1) is 0 Å². The largest absolute Gasteiger partial charge is 0.494 e. The van der Waals surface area contributed by atoms with Crippen molar-refractivity contribution in [1.29, 1.82) is 0 Å². The zero-order chi connectivity index (χ0) is 12.8. The molecule has 0 aliphatic heterocycles. The number of rotatable bonds is 5. The van der Waals surface area contributed by atoms with Crippen LogP contribution in [0.25, 0.3) is 0 Å². The fourth-order valence-electron chi connectivity index (χ4n) is 2.73. The number of hydrogen-bond acceptors (Lipinski definition) is 2. The lowest BCUT2D eigenvalue weighted by atomic mass is 9.83. The van der Waals surface area contributed by atoms with Crippen molar-refractivity contribution in [3.05, 3.63) is 29.8 Å². The van der Waals surface area contributed by atoms with E-state index in [1.165, 1.54) is 19.3 Å². The first-order valence-corrected chi connectivity index (χ1v) is 7.22. The fraction of sp³-hybridized carbons (Fsp3) is 0.625. The average molecular weight is 248 g/mol. The molecule has 0 saturated heterocycles. The van der Waals surface area contributed by atoms with Crippen molar-refractivity contribution in [1.82, 2.24) is 0 Å². The Balaban J connectivity index is 2.02. The van der Waals surface area contributed by atoms with Crippen molar-refractivity contribution < 1.29 is 9.84 Å². The van der Waals surface area contributed by atoms with E-state index >= 15 is 0 Å². The molecule has 2 heteroatoms. The van der Waals surface area contributed by atoms with E-state index in [-0.39, 0.29) is 6.10 Å². The normalized spacial score (nSPS) is 18.6. The monoisotopic (exact) mass is 248 g/mol. The lowest BCUT2D eigenvalue weighted by Gasteiger charge is -2.27. The Labute approximate surface area is 110 Å². The molecule has 1 atom stereocenters. The summed E-state index contributed by atoms with van der Waals surface area (Å²) >= 11 is 0. The molecule has 0 spiro atoms. The minimum atomic E-state index is -0.324. The van der Waals surface area contributed by atoms with Gasteiger partial charge in [0, 0.05) is 0 Å². The Morgan fingerprint density at radius 2 is 2.06 bits per heavy atom. The quantitative estimate of drug-likeness (QED) is 0.850. The standard InChI is InChI=1S/C16H24O2/c1-2-11-18-15-10-6-9-14(12-15)16(17)13-7-4-3-5-8-13/h6,9-10,12-13,16-17H,2-5,7-8,11H2,1H3. The SMILES string of the molecule is CCCOc1cccc(C(O)C2CCCCC2)c1. The van der Waals surface area contributed by atoms with Crippen LogP contribution in [0.4, 0.5) is 0 Å². The zero-order valence-electron chi connectivity index (χ0n) is 11.3. The number of hydrogen-bond donors (Lipinski definition) is 1. The van der Waals surface area contributed by atoms with Crippen LogP contribution in [0.3, 0.4) is 0 Å². The van der Waals surface area contributed by atoms with Crippen LogP contribution in [0.1, 0.15) is 57.1 Å². The van der Waals surface area contributed by atoms with Crippen molar-refractivity contribution in [2.45, 2.75) is 51.6 Å². The van der Waals surface area contributed by atoms with Gasteiger partial charge in [-0.3, -0.25) is 0 Å². The molecular formula is C16H24O2. The Morgan fingerprint density at radius 1 is 1.28 bits per heavy atom. The van der Waals surface area contributed by atoms with Crippen LogP contribution < -0.4 is 4.74 Å². The highest BCUT2D eigenvalue weighted by atomic mass is 16.5. The Morgan fingerprint density at radius 3 is 2.78 bits per heavy atom. The lowest BCUT2D eigenvalue weighted by molar-refractivity contribution is 0.0846. The number of aliphatic hydroxyl groups is 1. The lowest BCUT2D eigenvalue weighted by Crippen LogP contribution is -2.16. The van der Waals surface area contributed by atoms with Gasteiger partial charge in [0.05, 0.1) is 12.7 Å². The van der Waals surface area contributed by atoms with Gasteiger partial charge in [-0.1, -0.05) is 38.3 Å². The summed E-state index contributed by atoms with van der Waals surface area (Å²) in [7, 11) is 0. The van der Waals surface area contributed by atoms with E-state index in [1.54, 1.807) is 0 Å². The van der Waals surface area contributed by atoms with Crippen molar-refractivity contribution in [2.75, 3.05) is 6.61 Å². The maximum Gasteiger partial charge on any atom is 0.119 e. The molecule has 100 valence electrons. The van der Waals surface area contributed by atoms with Crippen LogP contribution in [0, 0.1) is 5.92 Å². The minimum absolute atomic E-state index is 0.324. The van der Waals surface area contributed by atoms with E-state index in [9.17, 15) is 5.11 Å². The number of aliphatic hydroxyl groups excluding tert-OH is 1. The Kier molecular flexibility index (Phi) is 5.06. The molecule has 1 aliphatic carbocycles. The molecule has 1 saturated carbocycles. The summed E-state index contributed by atoms with van der Waals surface area (Å²) < 4.78 is 5.62. The highest BCUT2D eigenvalue weighted by Crippen LogP contribution is 2.35. The first-order chi connectivity index (χ1) is 8.81. The summed E-state index contributed by atoms with van der Waals surface area (Å²) in [6.45, 7) is 2.84. The molecule has 1 aromatic rings. The highest BCUT2D eigenvalue weighted by molar-refractivity contribution is 5.30. The highest BCUT2D eigenvalue weighted by Gasteiger charge is 2.23. The third-order valence-corrected chi connectivity index (χ3v) is 3.77. The second-order valence-electron chi connectivity index (χ2n) is 5.26. The molecule has 1 aliphatic rings. The van der Waals surface area contributed by atoms with Gasteiger partial charge in [0.15, 0.2) is 0 Å². The first kappa shape index (κ1) is 13.4. The second-order valence-corrected chi connectivity index (χ2v) is 5.26. The van der Waals surface area contributed by atoms with Crippen LogP contribution in [-0.4, -0.2) is 11.7 Å². The molecule has 1 N–H and O–H groups in total. The molecule has 0 radical (unpaired) electrons. The van der Waals surface area contributed by atoms with E-state index in [1.807, 2.05) is 24.3 Å². The third-order valence-electron chi connectivity index (χ3n) is 3.77. The summed E-state index contributed by atoms with van der Waals surface area (Å²) in [5.74, 6) is 1.31. The predicted molar refractivity (Wildman–Crippen MR) is 73.8 cm³/mol. The van der Waals surface area contributed by atoms with E-state index in [0.717, 1.165) is 37.2 Å². The van der Waals surface area contributed by atoms with Gasteiger partial charge in [-0.25, -0.2) is 0 Å². The van der Waals surface area contributed by atoms with Crippen LogP contribution in [-0.2, 0) is 0 Å². The summed E-state index contributed by atoms with van der Waals surface area (Å²) in [6, 6.07) is 7.95. The van der Waals surface area contributed by atoms with Crippen molar-refractivity contribution >= 4 is 0 Å². The van der Waals surface area contributed by atoms with E-state index in [2.05, 4.69) is 6.92 Å². The zero-order valence-corrected chi connectivity index (χ0v) is 11.3. The second kappa shape index (κ2) is 6.79. The van der Waals surface area contributed by atoms with Gasteiger partial charge in [0.2, 0.25) is 0 Å². The molecule has 1 fully saturated rings. The molecule has 0 aromatic heterocycles. The summed E-state index contributed by atoms with van der Waals surface area (Å²) in [5.41, 5.74) is 1.01. The molecule has 1 unspecified atom stereocenters. The topological polar surface area (TPSA) is 29.5 Å². The maximum atomic E-state index is 10.4. The third kappa shape index (κ3) is 3.49. The van der Waals surface area contributed by atoms with Gasteiger partial charge in [-0.2, -0.15) is 0 Å². The average Bonchev–Trinajstić information content (AvgIpc) is 2.45. The van der Waals surface area contributed by atoms with Crippen molar-refractivity contribution in [2.24, 2.45) is 5.92 Å². The summed E-state index contributed by atoms with van der Waals surface area (Å²) in [5, 5.41) is 10.4. The van der Waals surface area contributed by atoms with Crippen LogP contribution in [0.2, 0.25) is 0 Å². The molecule has 0 amide bonds. The van der Waals surface area contributed by atoms with Crippen LogP contribution in [0.5, 0.6) is 5.75 Å². The van der Waals surface area contributed by atoms with Gasteiger partial charge in [0.1, 0.15) is 5.75 Å². The Hall–Kier alpha value is -1.02. The Bertz CT molecular complexity index is 356. The first-order valence-electron chi connectivity index (χ1n) is 7.22. The maximum absolute atomic E-state index is 10.4. The van der Waals surface area contributed by atoms with Gasteiger partial charge >= 0.3 is 0 Å². The van der Waals surface area contributed by atoms with E-state index in [4.69, 9.17) is 4.74 Å². The van der Waals surface area contributed by atoms with Gasteiger partial charge in [-0.05, 0) is 42.9 Å². The van der Waals surface area contributed by atoms with E-state index in [0.29, 0.717) is 5.92 Å². The fourth-order valence-corrected chi connectivity index (χ4v) is 2.73. The van der Waals surface area contributed by atoms with Crippen molar-refractivity contribution in [3.63, 3.8) is 0 Å². The smallest absolute Gasteiger partial charge is 0.119 e. The van der Waals surface area contributed by atoms with Crippen LogP contribution in [0.15, 0.2) is 24.3 Å². The molecule has 2 nitrogen and oxygen atoms in total. The molecule has 0 bridgehead atoms. The predicted octanol–water partition coefficient (Wildman–Crippen LogP) is 4.09. The van der Waals surface area contributed by atoms with Gasteiger partial charge in [0.25, 0.3) is 0 Å². The molecular weight excluding hydrogens is 224 g/mol. The van der Waals surface area contributed by atoms with Crippen molar-refractivity contribution in [3.8, 4) is 5.75 Å². The number of benzene rings is 1. The summed E-state index contributed by atoms with van der Waals surface area (Å²) in [6.07, 6.45) is 6.83. The molecule has 1 aromatic carbocycles.